The average Bonchev–Trinajstić information content (AvgIpc) is 2.66. The van der Waals surface area contributed by atoms with Gasteiger partial charge in [-0.25, -0.2) is 9.97 Å². The molecule has 0 atom stereocenters. The van der Waals surface area contributed by atoms with E-state index in [4.69, 9.17) is 21.6 Å². The molecule has 3 rings (SSSR count). The second-order valence-electron chi connectivity index (χ2n) is 6.30. The van der Waals surface area contributed by atoms with Crippen molar-refractivity contribution in [1.29, 1.82) is 5.26 Å². The lowest BCUT2D eigenvalue weighted by Crippen LogP contribution is -2.24. The number of aromatic nitrogens is 2. The highest BCUT2D eigenvalue weighted by molar-refractivity contribution is 6.31. The summed E-state index contributed by atoms with van der Waals surface area (Å²) < 4.78 is 5.52. The molecule has 2 heterocycles. The van der Waals surface area contributed by atoms with Crippen LogP contribution < -0.4 is 10.1 Å². The molecule has 28 heavy (non-hydrogen) atoms. The van der Waals surface area contributed by atoms with Crippen molar-refractivity contribution in [2.75, 3.05) is 0 Å². The number of pyridine rings is 2. The molecule has 0 saturated heterocycles. The normalized spacial score (nSPS) is 10.7. The molecular weight excluding hydrogens is 380 g/mol. The van der Waals surface area contributed by atoms with Crippen LogP contribution in [0.4, 0.5) is 0 Å². The maximum Gasteiger partial charge on any atom is 0.274 e. The molecule has 0 aliphatic carbocycles. The number of carbonyl (C=O) groups is 1. The summed E-state index contributed by atoms with van der Waals surface area (Å²) in [5.74, 6) is -0.400. The summed E-state index contributed by atoms with van der Waals surface area (Å²) in [6.07, 6.45) is 1.37. The number of nitriles is 1. The van der Waals surface area contributed by atoms with Crippen LogP contribution in [0.15, 0.2) is 36.5 Å². The molecule has 8 heteroatoms. The van der Waals surface area contributed by atoms with Crippen molar-refractivity contribution in [2.45, 2.75) is 26.5 Å². The summed E-state index contributed by atoms with van der Waals surface area (Å²) in [5, 5.41) is 22.7. The Morgan fingerprint density at radius 3 is 2.82 bits per heavy atom. The number of aromatic hydroxyl groups is 1. The van der Waals surface area contributed by atoms with Crippen molar-refractivity contribution in [3.8, 4) is 17.7 Å². The molecule has 142 valence electrons. The Morgan fingerprint density at radius 1 is 1.36 bits per heavy atom. The van der Waals surface area contributed by atoms with Crippen molar-refractivity contribution in [1.82, 2.24) is 15.3 Å². The first-order chi connectivity index (χ1) is 13.4. The van der Waals surface area contributed by atoms with Crippen molar-refractivity contribution in [2.24, 2.45) is 0 Å². The first-order valence-electron chi connectivity index (χ1n) is 8.51. The molecule has 0 saturated carbocycles. The van der Waals surface area contributed by atoms with Gasteiger partial charge in [-0.1, -0.05) is 17.7 Å². The largest absolute Gasteiger partial charge is 0.505 e. The third kappa shape index (κ3) is 4.13. The van der Waals surface area contributed by atoms with Gasteiger partial charge in [0.15, 0.2) is 11.4 Å². The topological polar surface area (TPSA) is 108 Å². The lowest BCUT2D eigenvalue weighted by Gasteiger charge is -2.11. The number of nitrogens with one attached hydrogen (secondary N) is 1. The number of fused-ring (bicyclic) bond motifs is 1. The molecule has 2 N–H and O–H groups in total. The Balaban J connectivity index is 1.80. The van der Waals surface area contributed by atoms with E-state index >= 15 is 0 Å². The highest BCUT2D eigenvalue weighted by atomic mass is 35.5. The first-order valence-corrected chi connectivity index (χ1v) is 8.89. The molecule has 0 bridgehead atoms. The van der Waals surface area contributed by atoms with E-state index in [-0.39, 0.29) is 24.1 Å². The summed E-state index contributed by atoms with van der Waals surface area (Å²) in [6.45, 7) is 3.90. The minimum absolute atomic E-state index is 0.0365. The molecule has 0 aliphatic rings. The van der Waals surface area contributed by atoms with Crippen molar-refractivity contribution >= 4 is 28.4 Å². The maximum atomic E-state index is 12.5. The van der Waals surface area contributed by atoms with Crippen LogP contribution in [0.25, 0.3) is 10.9 Å². The van der Waals surface area contributed by atoms with E-state index in [2.05, 4.69) is 15.3 Å². The van der Waals surface area contributed by atoms with Crippen molar-refractivity contribution in [3.63, 3.8) is 0 Å². The summed E-state index contributed by atoms with van der Waals surface area (Å²) in [4.78, 5) is 20.8. The zero-order valence-corrected chi connectivity index (χ0v) is 16.0. The predicted octanol–water partition coefficient (Wildman–Crippen LogP) is 3.58. The van der Waals surface area contributed by atoms with Gasteiger partial charge in [0.1, 0.15) is 0 Å². The molecule has 0 aliphatic heterocycles. The fourth-order valence-corrected chi connectivity index (χ4v) is 2.81. The molecule has 0 unspecified atom stereocenters. The molecule has 2 aromatic heterocycles. The molecule has 1 amide bonds. The van der Waals surface area contributed by atoms with Gasteiger partial charge in [0.25, 0.3) is 5.91 Å². The maximum absolute atomic E-state index is 12.5. The van der Waals surface area contributed by atoms with Crippen LogP contribution in [-0.2, 0) is 6.54 Å². The SMILES string of the molecule is CC(C)Oc1ccc2c(O)c(C(=O)NCc3ccc(C#N)cc3Cl)ncc2n1. The van der Waals surface area contributed by atoms with Gasteiger partial charge in [0, 0.05) is 23.0 Å². The van der Waals surface area contributed by atoms with Crippen LogP contribution in [0, 0.1) is 11.3 Å². The van der Waals surface area contributed by atoms with E-state index in [9.17, 15) is 9.90 Å². The fourth-order valence-electron chi connectivity index (χ4n) is 2.56. The summed E-state index contributed by atoms with van der Waals surface area (Å²) in [7, 11) is 0. The zero-order valence-electron chi connectivity index (χ0n) is 15.2. The van der Waals surface area contributed by atoms with Crippen LogP contribution in [0.1, 0.15) is 35.5 Å². The van der Waals surface area contributed by atoms with Gasteiger partial charge < -0.3 is 15.2 Å². The fraction of sp³-hybridized carbons (Fsp3) is 0.200. The molecule has 0 spiro atoms. The van der Waals surface area contributed by atoms with Crippen molar-refractivity contribution < 1.29 is 14.6 Å². The standard InChI is InChI=1S/C20H17ClN4O3/c1-11(2)28-17-6-5-14-16(25-17)10-23-18(19(14)26)20(27)24-9-13-4-3-12(8-22)7-15(13)21/h3-7,10-11,26H,9H2,1-2H3,(H,24,27). The van der Waals surface area contributed by atoms with E-state index < -0.39 is 5.91 Å². The highest BCUT2D eigenvalue weighted by Gasteiger charge is 2.17. The highest BCUT2D eigenvalue weighted by Crippen LogP contribution is 2.28. The molecule has 0 radical (unpaired) electrons. The minimum Gasteiger partial charge on any atom is -0.505 e. The van der Waals surface area contributed by atoms with E-state index in [1.165, 1.54) is 12.3 Å². The smallest absolute Gasteiger partial charge is 0.274 e. The summed E-state index contributed by atoms with van der Waals surface area (Å²) in [5.41, 5.74) is 1.38. The number of hydrogen-bond acceptors (Lipinski definition) is 6. The van der Waals surface area contributed by atoms with Gasteiger partial charge in [0.2, 0.25) is 5.88 Å². The van der Waals surface area contributed by atoms with Crippen LogP contribution in [0.2, 0.25) is 5.02 Å². The van der Waals surface area contributed by atoms with Crippen molar-refractivity contribution in [3.05, 3.63) is 58.4 Å². The van der Waals surface area contributed by atoms with Gasteiger partial charge in [-0.3, -0.25) is 4.79 Å². The van der Waals surface area contributed by atoms with Crippen LogP contribution >= 0.6 is 11.6 Å². The molecule has 7 nitrogen and oxygen atoms in total. The molecule has 1 aromatic carbocycles. The van der Waals surface area contributed by atoms with E-state index in [0.717, 1.165) is 0 Å². The quantitative estimate of drug-likeness (QED) is 0.682. The van der Waals surface area contributed by atoms with Crippen LogP contribution in [0.3, 0.4) is 0 Å². The van der Waals surface area contributed by atoms with E-state index in [1.54, 1.807) is 24.3 Å². The minimum atomic E-state index is -0.553. The molecule has 3 aromatic rings. The number of rotatable bonds is 5. The Labute approximate surface area is 166 Å². The number of halogens is 1. The lowest BCUT2D eigenvalue weighted by atomic mass is 10.1. The second kappa shape index (κ2) is 8.11. The van der Waals surface area contributed by atoms with E-state index in [1.807, 2.05) is 19.9 Å². The molecule has 0 fully saturated rings. The number of benzene rings is 1. The average molecular weight is 397 g/mol. The Bertz CT molecular complexity index is 1090. The number of ether oxygens (including phenoxy) is 1. The zero-order chi connectivity index (χ0) is 20.3. The van der Waals surface area contributed by atoms with Gasteiger partial charge in [0.05, 0.1) is 29.5 Å². The summed E-state index contributed by atoms with van der Waals surface area (Å²) in [6, 6.07) is 10.0. The predicted molar refractivity (Wildman–Crippen MR) is 104 cm³/mol. The monoisotopic (exact) mass is 396 g/mol. The Kier molecular flexibility index (Phi) is 5.62. The third-order valence-corrected chi connectivity index (χ3v) is 4.24. The van der Waals surface area contributed by atoms with Gasteiger partial charge >= 0.3 is 0 Å². The first kappa shape index (κ1) is 19.4. The third-order valence-electron chi connectivity index (χ3n) is 3.89. The number of hydrogen-bond donors (Lipinski definition) is 2. The van der Waals surface area contributed by atoms with E-state index in [0.29, 0.717) is 32.9 Å². The van der Waals surface area contributed by atoms with Gasteiger partial charge in [-0.15, -0.1) is 0 Å². The van der Waals surface area contributed by atoms with Crippen LogP contribution in [-0.4, -0.2) is 27.1 Å². The van der Waals surface area contributed by atoms with Gasteiger partial charge in [-0.05, 0) is 37.6 Å². The summed E-state index contributed by atoms with van der Waals surface area (Å²) >= 11 is 6.11. The number of amides is 1. The molecular formula is C20H17ClN4O3. The number of carbonyl (C=O) groups excluding carboxylic acids is 1. The van der Waals surface area contributed by atoms with Gasteiger partial charge in [-0.2, -0.15) is 5.26 Å². The van der Waals surface area contributed by atoms with Crippen LogP contribution in [0.5, 0.6) is 11.6 Å². The number of nitrogens with zero attached hydrogens (tertiary/aromatic N) is 3. The Hall–Kier alpha value is -3.37. The second-order valence-corrected chi connectivity index (χ2v) is 6.71. The lowest BCUT2D eigenvalue weighted by molar-refractivity contribution is 0.0943. The Morgan fingerprint density at radius 2 is 2.14 bits per heavy atom.